The predicted octanol–water partition coefficient (Wildman–Crippen LogP) is 3.47. The van der Waals surface area contributed by atoms with Crippen LogP contribution in [0.15, 0.2) is 30.5 Å². The van der Waals surface area contributed by atoms with Crippen LogP contribution in [-0.2, 0) is 5.41 Å². The Hall–Kier alpha value is -1.24. The first-order chi connectivity index (χ1) is 6.07. The van der Waals surface area contributed by atoms with Crippen LogP contribution < -0.4 is 0 Å². The smallest absolute Gasteiger partial charge is 0.0454 e. The number of hydrogen-bond donors (Lipinski definition) is 1. The SMILES string of the molecule is CC(C)(C)c1ccc2[nH]ccc2c1. The zero-order valence-electron chi connectivity index (χ0n) is 8.39. The van der Waals surface area contributed by atoms with Crippen LogP contribution >= 0.6 is 0 Å². The third-order valence-corrected chi connectivity index (χ3v) is 2.42. The minimum absolute atomic E-state index is 0.242. The first-order valence-electron chi connectivity index (χ1n) is 4.65. The van der Waals surface area contributed by atoms with E-state index in [9.17, 15) is 0 Å². The largest absolute Gasteiger partial charge is 0.361 e. The molecule has 1 nitrogen and oxygen atoms in total. The fourth-order valence-corrected chi connectivity index (χ4v) is 1.52. The lowest BCUT2D eigenvalue weighted by Crippen LogP contribution is -2.10. The number of hydrogen-bond acceptors (Lipinski definition) is 0. The summed E-state index contributed by atoms with van der Waals surface area (Å²) < 4.78 is 0. The highest BCUT2D eigenvalue weighted by molar-refractivity contribution is 5.80. The van der Waals surface area contributed by atoms with E-state index in [2.05, 4.69) is 50.0 Å². The van der Waals surface area contributed by atoms with Gasteiger partial charge in [0.15, 0.2) is 0 Å². The van der Waals surface area contributed by atoms with Crippen LogP contribution in [0, 0.1) is 0 Å². The molecule has 0 radical (unpaired) electrons. The van der Waals surface area contributed by atoms with Crippen LogP contribution in [-0.4, -0.2) is 4.98 Å². The van der Waals surface area contributed by atoms with Crippen molar-refractivity contribution in [1.29, 1.82) is 0 Å². The molecule has 0 atom stereocenters. The van der Waals surface area contributed by atoms with Crippen molar-refractivity contribution in [2.45, 2.75) is 26.2 Å². The molecule has 1 N–H and O–H groups in total. The van der Waals surface area contributed by atoms with Crippen molar-refractivity contribution in [1.82, 2.24) is 4.98 Å². The van der Waals surface area contributed by atoms with Crippen LogP contribution in [0.3, 0.4) is 0 Å². The average Bonchev–Trinajstić information content (AvgIpc) is 2.47. The third-order valence-electron chi connectivity index (χ3n) is 2.42. The van der Waals surface area contributed by atoms with Crippen molar-refractivity contribution < 1.29 is 0 Å². The van der Waals surface area contributed by atoms with Crippen molar-refractivity contribution in [2.75, 3.05) is 0 Å². The van der Waals surface area contributed by atoms with E-state index < -0.39 is 0 Å². The summed E-state index contributed by atoms with van der Waals surface area (Å²) in [5, 5.41) is 1.30. The lowest BCUT2D eigenvalue weighted by molar-refractivity contribution is 0.591. The van der Waals surface area contributed by atoms with E-state index in [-0.39, 0.29) is 5.41 Å². The van der Waals surface area contributed by atoms with Gasteiger partial charge in [0.1, 0.15) is 0 Å². The van der Waals surface area contributed by atoms with Gasteiger partial charge in [0.25, 0.3) is 0 Å². The molecule has 1 aromatic heterocycles. The molecular weight excluding hydrogens is 158 g/mol. The third kappa shape index (κ3) is 1.46. The van der Waals surface area contributed by atoms with Gasteiger partial charge < -0.3 is 4.98 Å². The molecule has 1 heterocycles. The normalized spacial score (nSPS) is 12.2. The van der Waals surface area contributed by atoms with E-state index in [1.54, 1.807) is 0 Å². The monoisotopic (exact) mass is 173 g/mol. The highest BCUT2D eigenvalue weighted by atomic mass is 14.7. The van der Waals surface area contributed by atoms with Gasteiger partial charge in [0.2, 0.25) is 0 Å². The second kappa shape index (κ2) is 2.63. The highest BCUT2D eigenvalue weighted by Crippen LogP contribution is 2.25. The molecule has 68 valence electrons. The first-order valence-corrected chi connectivity index (χ1v) is 4.65. The van der Waals surface area contributed by atoms with Crippen LogP contribution in [0.2, 0.25) is 0 Å². The Morgan fingerprint density at radius 3 is 2.54 bits per heavy atom. The summed E-state index contributed by atoms with van der Waals surface area (Å²) in [5.74, 6) is 0. The number of nitrogens with one attached hydrogen (secondary N) is 1. The number of fused-ring (bicyclic) bond motifs is 1. The fourth-order valence-electron chi connectivity index (χ4n) is 1.52. The Labute approximate surface area is 78.8 Å². The Balaban J connectivity index is 2.61. The molecule has 2 rings (SSSR count). The van der Waals surface area contributed by atoms with Gasteiger partial charge in [0.05, 0.1) is 0 Å². The molecule has 0 aliphatic rings. The summed E-state index contributed by atoms with van der Waals surface area (Å²) in [7, 11) is 0. The van der Waals surface area contributed by atoms with Gasteiger partial charge in [-0.25, -0.2) is 0 Å². The quantitative estimate of drug-likeness (QED) is 0.628. The number of H-pyrrole nitrogens is 1. The second-order valence-corrected chi connectivity index (χ2v) is 4.53. The summed E-state index contributed by atoms with van der Waals surface area (Å²) in [5.41, 5.74) is 2.85. The molecular formula is C12H15N. The number of aromatic nitrogens is 1. The van der Waals surface area contributed by atoms with Crippen molar-refractivity contribution in [3.8, 4) is 0 Å². The minimum atomic E-state index is 0.242. The maximum absolute atomic E-state index is 3.20. The van der Waals surface area contributed by atoms with E-state index in [1.807, 2.05) is 6.20 Å². The summed E-state index contributed by atoms with van der Waals surface area (Å²) >= 11 is 0. The van der Waals surface area contributed by atoms with E-state index in [0.717, 1.165) is 0 Å². The molecule has 1 aromatic carbocycles. The summed E-state index contributed by atoms with van der Waals surface area (Å²) in [6.45, 7) is 6.71. The second-order valence-electron chi connectivity index (χ2n) is 4.53. The zero-order chi connectivity index (χ0) is 9.47. The summed E-state index contributed by atoms with van der Waals surface area (Å²) in [4.78, 5) is 3.20. The fraction of sp³-hybridized carbons (Fsp3) is 0.333. The number of aromatic amines is 1. The van der Waals surface area contributed by atoms with Crippen LogP contribution in [0.5, 0.6) is 0 Å². The molecule has 1 heteroatoms. The van der Waals surface area contributed by atoms with E-state index >= 15 is 0 Å². The standard InChI is InChI=1S/C12H15N/c1-12(2,3)10-4-5-11-9(8-10)6-7-13-11/h4-8,13H,1-3H3. The van der Waals surface area contributed by atoms with Crippen molar-refractivity contribution in [3.05, 3.63) is 36.0 Å². The van der Waals surface area contributed by atoms with Crippen LogP contribution in [0.25, 0.3) is 10.9 Å². The summed E-state index contributed by atoms with van der Waals surface area (Å²) in [6.07, 6.45) is 1.98. The molecule has 0 saturated carbocycles. The van der Waals surface area contributed by atoms with Crippen molar-refractivity contribution in [2.24, 2.45) is 0 Å². The van der Waals surface area contributed by atoms with Crippen LogP contribution in [0.1, 0.15) is 26.3 Å². The molecule has 0 bridgehead atoms. The van der Waals surface area contributed by atoms with Crippen molar-refractivity contribution in [3.63, 3.8) is 0 Å². The van der Waals surface area contributed by atoms with Crippen LogP contribution in [0.4, 0.5) is 0 Å². The van der Waals surface area contributed by atoms with E-state index in [1.165, 1.54) is 16.5 Å². The predicted molar refractivity (Wildman–Crippen MR) is 57.0 cm³/mol. The molecule has 13 heavy (non-hydrogen) atoms. The van der Waals surface area contributed by atoms with Crippen molar-refractivity contribution >= 4 is 10.9 Å². The molecule has 0 aliphatic heterocycles. The Kier molecular flexibility index (Phi) is 1.69. The lowest BCUT2D eigenvalue weighted by atomic mass is 9.86. The van der Waals surface area contributed by atoms with E-state index in [4.69, 9.17) is 0 Å². The lowest BCUT2D eigenvalue weighted by Gasteiger charge is -2.18. The van der Waals surface area contributed by atoms with Gasteiger partial charge in [-0.2, -0.15) is 0 Å². The Morgan fingerprint density at radius 2 is 1.85 bits per heavy atom. The zero-order valence-corrected chi connectivity index (χ0v) is 8.39. The van der Waals surface area contributed by atoms with Gasteiger partial charge in [-0.05, 0) is 34.6 Å². The number of benzene rings is 1. The molecule has 0 saturated heterocycles. The highest BCUT2D eigenvalue weighted by Gasteiger charge is 2.13. The Bertz CT molecular complexity index is 418. The molecule has 0 spiro atoms. The molecule has 0 amide bonds. The maximum atomic E-state index is 3.20. The number of rotatable bonds is 0. The average molecular weight is 173 g/mol. The van der Waals surface area contributed by atoms with Gasteiger partial charge in [-0.1, -0.05) is 26.8 Å². The van der Waals surface area contributed by atoms with Gasteiger partial charge in [0, 0.05) is 11.7 Å². The van der Waals surface area contributed by atoms with Gasteiger partial charge >= 0.3 is 0 Å². The minimum Gasteiger partial charge on any atom is -0.361 e. The van der Waals surface area contributed by atoms with E-state index in [0.29, 0.717) is 0 Å². The van der Waals surface area contributed by atoms with Gasteiger partial charge in [-0.15, -0.1) is 0 Å². The maximum Gasteiger partial charge on any atom is 0.0454 e. The molecule has 0 unspecified atom stereocenters. The molecule has 0 aliphatic carbocycles. The first kappa shape index (κ1) is 8.36. The Morgan fingerprint density at radius 1 is 1.08 bits per heavy atom. The molecule has 0 fully saturated rings. The molecule has 2 aromatic rings. The summed E-state index contributed by atoms with van der Waals surface area (Å²) in [6, 6.07) is 8.71. The van der Waals surface area contributed by atoms with Gasteiger partial charge in [-0.3, -0.25) is 0 Å². The topological polar surface area (TPSA) is 15.8 Å².